The minimum absolute atomic E-state index is 0.356. The summed E-state index contributed by atoms with van der Waals surface area (Å²) in [5.41, 5.74) is 10.2. The number of nitrogens with two attached hydrogens (primary N) is 1. The first-order valence-electron chi connectivity index (χ1n) is 10.3. The summed E-state index contributed by atoms with van der Waals surface area (Å²) in [5.74, 6) is -2.76. The molecule has 8 nitrogen and oxygen atoms in total. The maximum absolute atomic E-state index is 10.6. The molecule has 3 N–H and O–H groups in total. The molecule has 0 radical (unpaired) electrons. The predicted molar refractivity (Wildman–Crippen MR) is 115 cm³/mol. The van der Waals surface area contributed by atoms with Crippen LogP contribution >= 0.6 is 0 Å². The van der Waals surface area contributed by atoms with Gasteiger partial charge >= 0.3 is 12.1 Å². The van der Waals surface area contributed by atoms with Gasteiger partial charge in [-0.25, -0.2) is 9.78 Å². The molecule has 0 bridgehead atoms. The fraction of sp³-hybridized carbons (Fsp3) is 0.364. The molecule has 0 unspecified atom stereocenters. The largest absolute Gasteiger partial charge is 0.490 e. The van der Waals surface area contributed by atoms with Crippen LogP contribution in [-0.2, 0) is 17.9 Å². The molecule has 33 heavy (non-hydrogen) atoms. The van der Waals surface area contributed by atoms with Gasteiger partial charge in [0, 0.05) is 50.2 Å². The molecule has 1 aliphatic heterocycles. The first-order valence-corrected chi connectivity index (χ1v) is 10.3. The van der Waals surface area contributed by atoms with Crippen LogP contribution in [0.1, 0.15) is 24.1 Å². The Hall–Kier alpha value is -3.31. The van der Waals surface area contributed by atoms with Crippen molar-refractivity contribution in [3.05, 3.63) is 66.6 Å². The van der Waals surface area contributed by atoms with E-state index in [9.17, 15) is 13.2 Å². The summed E-state index contributed by atoms with van der Waals surface area (Å²) in [6, 6.07) is 8.78. The zero-order valence-corrected chi connectivity index (χ0v) is 17.8. The van der Waals surface area contributed by atoms with Crippen LogP contribution in [0.15, 0.2) is 55.4 Å². The van der Waals surface area contributed by atoms with E-state index in [0.29, 0.717) is 6.04 Å². The van der Waals surface area contributed by atoms with Gasteiger partial charge in [0.25, 0.3) is 0 Å². The van der Waals surface area contributed by atoms with E-state index in [1.54, 1.807) is 6.20 Å². The number of nitrogens with zero attached hydrogens (tertiary/aromatic N) is 5. The molecule has 0 amide bonds. The molecule has 11 heteroatoms. The number of aromatic nitrogens is 4. The van der Waals surface area contributed by atoms with E-state index in [1.165, 1.54) is 5.56 Å². The Morgan fingerprint density at radius 3 is 2.45 bits per heavy atom. The zero-order valence-electron chi connectivity index (χ0n) is 17.8. The molecule has 0 saturated carbocycles. The van der Waals surface area contributed by atoms with Crippen molar-refractivity contribution < 1.29 is 23.1 Å². The molecule has 176 valence electrons. The number of hydrogen-bond donors (Lipinski definition) is 2. The molecule has 2 aromatic heterocycles. The average Bonchev–Trinajstić information content (AvgIpc) is 3.29. The van der Waals surface area contributed by atoms with E-state index < -0.39 is 12.1 Å². The second kappa shape index (κ2) is 11.0. The highest BCUT2D eigenvalue weighted by atomic mass is 19.4. The summed E-state index contributed by atoms with van der Waals surface area (Å²) in [7, 11) is 0. The van der Waals surface area contributed by atoms with Gasteiger partial charge in [-0.05, 0) is 24.5 Å². The molecular weight excluding hydrogens is 437 g/mol. The monoisotopic (exact) mass is 462 g/mol. The lowest BCUT2D eigenvalue weighted by atomic mass is 10.1. The van der Waals surface area contributed by atoms with Gasteiger partial charge < -0.3 is 15.4 Å². The second-order valence-corrected chi connectivity index (χ2v) is 7.74. The van der Waals surface area contributed by atoms with Gasteiger partial charge in [-0.1, -0.05) is 18.2 Å². The number of carboxylic acid groups (broad SMARTS) is 1. The maximum atomic E-state index is 10.6. The lowest BCUT2D eigenvalue weighted by Gasteiger charge is -2.29. The molecule has 3 aromatic rings. The highest BCUT2D eigenvalue weighted by Crippen LogP contribution is 2.19. The van der Waals surface area contributed by atoms with Crippen molar-refractivity contribution in [3.63, 3.8) is 0 Å². The normalized spacial score (nSPS) is 15.0. The minimum atomic E-state index is -5.08. The number of likely N-dealkylation sites (tertiary alicyclic amines) is 1. The summed E-state index contributed by atoms with van der Waals surface area (Å²) in [4.78, 5) is 24.6. The number of halogens is 3. The second-order valence-electron chi connectivity index (χ2n) is 7.74. The summed E-state index contributed by atoms with van der Waals surface area (Å²) >= 11 is 0. The van der Waals surface area contributed by atoms with Crippen LogP contribution in [0.2, 0.25) is 0 Å². The van der Waals surface area contributed by atoms with Gasteiger partial charge in [0.05, 0.1) is 30.1 Å². The van der Waals surface area contributed by atoms with E-state index in [2.05, 4.69) is 48.7 Å². The van der Waals surface area contributed by atoms with E-state index in [0.717, 1.165) is 56.0 Å². The quantitative estimate of drug-likeness (QED) is 0.600. The number of carbonyl (C=O) groups is 1. The van der Waals surface area contributed by atoms with Crippen LogP contribution in [0.5, 0.6) is 0 Å². The van der Waals surface area contributed by atoms with Crippen molar-refractivity contribution in [2.24, 2.45) is 5.73 Å². The van der Waals surface area contributed by atoms with Crippen LogP contribution in [0.25, 0.3) is 11.3 Å². The molecule has 1 aromatic carbocycles. The minimum Gasteiger partial charge on any atom is -0.475 e. The lowest BCUT2D eigenvalue weighted by molar-refractivity contribution is -0.192. The maximum Gasteiger partial charge on any atom is 0.490 e. The van der Waals surface area contributed by atoms with Gasteiger partial charge in [-0.3, -0.25) is 14.9 Å². The van der Waals surface area contributed by atoms with Gasteiger partial charge in [0.1, 0.15) is 0 Å². The molecule has 3 heterocycles. The summed E-state index contributed by atoms with van der Waals surface area (Å²) in [5, 5.41) is 7.12. The Morgan fingerprint density at radius 2 is 1.88 bits per heavy atom. The van der Waals surface area contributed by atoms with Crippen LogP contribution in [-0.4, -0.2) is 60.8 Å². The molecule has 4 rings (SSSR count). The number of carboxylic acids is 1. The average molecular weight is 462 g/mol. The third-order valence-electron chi connectivity index (χ3n) is 5.11. The topological polar surface area (TPSA) is 110 Å². The molecule has 0 aliphatic carbocycles. The number of piperidine rings is 1. The molecule has 1 fully saturated rings. The van der Waals surface area contributed by atoms with Crippen molar-refractivity contribution in [1.82, 2.24) is 24.4 Å². The van der Waals surface area contributed by atoms with Gasteiger partial charge in [-0.2, -0.15) is 13.2 Å². The van der Waals surface area contributed by atoms with Crippen molar-refractivity contribution in [1.29, 1.82) is 0 Å². The molecule has 1 aliphatic rings. The molecule has 0 atom stereocenters. The SMILES string of the molecule is NC1CCN(Cc2cnc(-c3cccc(Cn4ccnc4)c3)cn2)CC1.O=C(O)C(F)(F)F. The number of hydrogen-bond acceptors (Lipinski definition) is 6. The zero-order chi connectivity index (χ0) is 23.8. The number of aliphatic carboxylic acids is 1. The van der Waals surface area contributed by atoms with Crippen molar-refractivity contribution in [2.75, 3.05) is 13.1 Å². The number of benzene rings is 1. The Bertz CT molecular complexity index is 1020. The first kappa shape index (κ1) is 24.3. The van der Waals surface area contributed by atoms with Crippen LogP contribution < -0.4 is 5.73 Å². The number of rotatable bonds is 5. The highest BCUT2D eigenvalue weighted by Gasteiger charge is 2.38. The fourth-order valence-corrected chi connectivity index (χ4v) is 3.35. The number of alkyl halides is 3. The summed E-state index contributed by atoms with van der Waals surface area (Å²) < 4.78 is 33.8. The predicted octanol–water partition coefficient (Wildman–Crippen LogP) is 2.94. The van der Waals surface area contributed by atoms with Crippen LogP contribution in [0, 0.1) is 0 Å². The standard InChI is InChI=1S/C20H24N6.C2HF3O2/c21-18-4-7-25(8-5-18)14-19-11-24-20(12-23-19)17-3-1-2-16(10-17)13-26-9-6-22-15-26;3-2(4,5)1(6)7/h1-3,6,9-12,15,18H,4-5,7-8,13-14,21H2;(H,6,7). The van der Waals surface area contributed by atoms with E-state index >= 15 is 0 Å². The highest BCUT2D eigenvalue weighted by molar-refractivity contribution is 5.73. The van der Waals surface area contributed by atoms with Crippen molar-refractivity contribution in [2.45, 2.75) is 38.1 Å². The Morgan fingerprint density at radius 1 is 1.15 bits per heavy atom. The third-order valence-corrected chi connectivity index (χ3v) is 5.11. The lowest BCUT2D eigenvalue weighted by Crippen LogP contribution is -2.39. The van der Waals surface area contributed by atoms with Gasteiger partial charge in [-0.15, -0.1) is 0 Å². The molecular formula is C22H25F3N6O2. The van der Waals surface area contributed by atoms with E-state index in [4.69, 9.17) is 15.6 Å². The van der Waals surface area contributed by atoms with Gasteiger partial charge in [0.2, 0.25) is 0 Å². The smallest absolute Gasteiger partial charge is 0.475 e. The van der Waals surface area contributed by atoms with Crippen molar-refractivity contribution in [3.8, 4) is 11.3 Å². The summed E-state index contributed by atoms with van der Waals surface area (Å²) in [6.07, 6.45) is 6.41. The Labute approximate surface area is 188 Å². The van der Waals surface area contributed by atoms with Crippen LogP contribution in [0.3, 0.4) is 0 Å². The van der Waals surface area contributed by atoms with Gasteiger partial charge in [0.15, 0.2) is 0 Å². The van der Waals surface area contributed by atoms with Crippen LogP contribution in [0.4, 0.5) is 13.2 Å². The van der Waals surface area contributed by atoms with E-state index in [-0.39, 0.29) is 0 Å². The third kappa shape index (κ3) is 7.65. The summed E-state index contributed by atoms with van der Waals surface area (Å²) in [6.45, 7) is 3.74. The van der Waals surface area contributed by atoms with E-state index in [1.807, 2.05) is 24.9 Å². The Balaban J connectivity index is 0.000000383. The number of imidazole rings is 1. The fourth-order valence-electron chi connectivity index (χ4n) is 3.35. The molecule has 1 saturated heterocycles. The molecule has 0 spiro atoms. The van der Waals surface area contributed by atoms with Crippen molar-refractivity contribution >= 4 is 5.97 Å². The Kier molecular flexibility index (Phi) is 8.12. The first-order chi connectivity index (χ1) is 15.7.